The third kappa shape index (κ3) is 3.23. The molecule has 5 nitrogen and oxygen atoms in total. The smallest absolute Gasteiger partial charge is 0.150 e. The van der Waals surface area contributed by atoms with E-state index in [9.17, 15) is 4.79 Å². The fourth-order valence-electron chi connectivity index (χ4n) is 3.15. The molecule has 1 aromatic carbocycles. The van der Waals surface area contributed by atoms with Crippen LogP contribution in [0.3, 0.4) is 0 Å². The number of pyridine rings is 1. The normalized spacial score (nSPS) is 18.0. The molecule has 4 rings (SSSR count). The number of carbonyl (C=O) groups excluding carboxylic acids is 1. The SMILES string of the molecule is O=Cc1ccc2c(C=Cc3ccccn3)nn(C3CCCCO3)c2c1. The lowest BCUT2D eigenvalue weighted by atomic mass is 10.1. The van der Waals surface area contributed by atoms with Crippen LogP contribution in [0.2, 0.25) is 0 Å². The highest BCUT2D eigenvalue weighted by molar-refractivity contribution is 5.93. The molecule has 0 aliphatic carbocycles. The van der Waals surface area contributed by atoms with Crippen LogP contribution in [0.5, 0.6) is 0 Å². The molecule has 1 atom stereocenters. The van der Waals surface area contributed by atoms with Crippen LogP contribution in [-0.4, -0.2) is 27.7 Å². The molecule has 1 aliphatic heterocycles. The largest absolute Gasteiger partial charge is 0.356 e. The van der Waals surface area contributed by atoms with Crippen molar-refractivity contribution in [1.29, 1.82) is 0 Å². The Morgan fingerprint density at radius 2 is 2.12 bits per heavy atom. The molecule has 0 amide bonds. The van der Waals surface area contributed by atoms with E-state index in [1.165, 1.54) is 0 Å². The Morgan fingerprint density at radius 1 is 1.16 bits per heavy atom. The Kier molecular flexibility index (Phi) is 4.39. The van der Waals surface area contributed by atoms with Crippen LogP contribution in [0.4, 0.5) is 0 Å². The van der Waals surface area contributed by atoms with Crippen molar-refractivity contribution >= 4 is 29.3 Å². The van der Waals surface area contributed by atoms with Crippen LogP contribution < -0.4 is 0 Å². The zero-order chi connectivity index (χ0) is 17.1. The molecular weight excluding hydrogens is 314 g/mol. The van der Waals surface area contributed by atoms with Crippen LogP contribution in [0, 0.1) is 0 Å². The molecule has 25 heavy (non-hydrogen) atoms. The molecule has 0 radical (unpaired) electrons. The van der Waals surface area contributed by atoms with E-state index in [2.05, 4.69) is 4.98 Å². The molecule has 0 spiro atoms. The molecule has 3 heterocycles. The maximum absolute atomic E-state index is 11.2. The zero-order valence-corrected chi connectivity index (χ0v) is 13.8. The van der Waals surface area contributed by atoms with Gasteiger partial charge in [0.1, 0.15) is 6.29 Å². The van der Waals surface area contributed by atoms with Crippen LogP contribution in [-0.2, 0) is 4.74 Å². The molecule has 0 N–H and O–H groups in total. The molecular formula is C20H19N3O2. The quantitative estimate of drug-likeness (QED) is 0.674. The highest BCUT2D eigenvalue weighted by atomic mass is 16.5. The molecule has 3 aromatic rings. The van der Waals surface area contributed by atoms with E-state index in [0.717, 1.165) is 54.4 Å². The number of hydrogen-bond donors (Lipinski definition) is 0. The van der Waals surface area contributed by atoms with E-state index in [-0.39, 0.29) is 6.23 Å². The number of carbonyl (C=O) groups is 1. The minimum absolute atomic E-state index is 0.0739. The van der Waals surface area contributed by atoms with Gasteiger partial charge in [0.15, 0.2) is 6.23 Å². The van der Waals surface area contributed by atoms with Gasteiger partial charge in [0.25, 0.3) is 0 Å². The second kappa shape index (κ2) is 6.99. The third-order valence-electron chi connectivity index (χ3n) is 4.42. The van der Waals surface area contributed by atoms with Crippen molar-refractivity contribution in [3.05, 3.63) is 59.5 Å². The van der Waals surface area contributed by atoms with E-state index in [1.54, 1.807) is 6.20 Å². The third-order valence-corrected chi connectivity index (χ3v) is 4.42. The molecule has 0 saturated carbocycles. The number of hydrogen-bond acceptors (Lipinski definition) is 4. The molecule has 126 valence electrons. The van der Waals surface area contributed by atoms with Gasteiger partial charge in [-0.15, -0.1) is 0 Å². The summed E-state index contributed by atoms with van der Waals surface area (Å²) in [7, 11) is 0. The summed E-state index contributed by atoms with van der Waals surface area (Å²) in [6, 6.07) is 11.4. The number of aldehydes is 1. The van der Waals surface area contributed by atoms with Crippen LogP contribution >= 0.6 is 0 Å². The second-order valence-corrected chi connectivity index (χ2v) is 6.13. The lowest BCUT2D eigenvalue weighted by Crippen LogP contribution is -2.19. The van der Waals surface area contributed by atoms with Gasteiger partial charge in [0, 0.05) is 23.8 Å². The molecule has 2 aromatic heterocycles. The summed E-state index contributed by atoms with van der Waals surface area (Å²) in [5.41, 5.74) is 3.30. The van der Waals surface area contributed by atoms with E-state index >= 15 is 0 Å². The number of nitrogens with zero attached hydrogens (tertiary/aromatic N) is 3. The molecule has 0 bridgehead atoms. The first-order chi connectivity index (χ1) is 12.3. The van der Waals surface area contributed by atoms with Gasteiger partial charge in [-0.05, 0) is 55.7 Å². The second-order valence-electron chi connectivity index (χ2n) is 6.13. The lowest BCUT2D eigenvalue weighted by Gasteiger charge is -2.23. The summed E-state index contributed by atoms with van der Waals surface area (Å²) in [5.74, 6) is 0. The Hall–Kier alpha value is -2.79. The van der Waals surface area contributed by atoms with Crippen LogP contribution in [0.25, 0.3) is 23.1 Å². The van der Waals surface area contributed by atoms with Crippen LogP contribution in [0.15, 0.2) is 42.6 Å². The van der Waals surface area contributed by atoms with Crippen LogP contribution in [0.1, 0.15) is 47.2 Å². The first kappa shape index (κ1) is 15.7. The number of fused-ring (bicyclic) bond motifs is 1. The maximum Gasteiger partial charge on any atom is 0.150 e. The number of ether oxygens (including phenoxy) is 1. The Morgan fingerprint density at radius 3 is 2.88 bits per heavy atom. The summed E-state index contributed by atoms with van der Waals surface area (Å²) in [4.78, 5) is 15.5. The van der Waals surface area contributed by atoms with Gasteiger partial charge in [-0.3, -0.25) is 9.78 Å². The summed E-state index contributed by atoms with van der Waals surface area (Å²) in [6.07, 6.45) is 9.61. The summed E-state index contributed by atoms with van der Waals surface area (Å²) >= 11 is 0. The molecule has 1 saturated heterocycles. The fourth-order valence-corrected chi connectivity index (χ4v) is 3.15. The minimum Gasteiger partial charge on any atom is -0.356 e. The summed E-state index contributed by atoms with van der Waals surface area (Å²) < 4.78 is 7.81. The predicted octanol–water partition coefficient (Wildman–Crippen LogP) is 4.11. The van der Waals surface area contributed by atoms with E-state index in [1.807, 2.05) is 53.2 Å². The molecule has 5 heteroatoms. The van der Waals surface area contributed by atoms with Gasteiger partial charge in [-0.25, -0.2) is 4.68 Å². The van der Waals surface area contributed by atoms with Gasteiger partial charge in [0.2, 0.25) is 0 Å². The Balaban J connectivity index is 1.78. The van der Waals surface area contributed by atoms with Crippen molar-refractivity contribution in [2.24, 2.45) is 0 Å². The van der Waals surface area contributed by atoms with E-state index in [4.69, 9.17) is 9.84 Å². The first-order valence-corrected chi connectivity index (χ1v) is 8.53. The average Bonchev–Trinajstić information content (AvgIpc) is 3.05. The van der Waals surface area contributed by atoms with Gasteiger partial charge in [0.05, 0.1) is 16.9 Å². The van der Waals surface area contributed by atoms with Crippen molar-refractivity contribution < 1.29 is 9.53 Å². The Bertz CT molecular complexity index is 909. The monoisotopic (exact) mass is 333 g/mol. The van der Waals surface area contributed by atoms with Crippen molar-refractivity contribution in [1.82, 2.24) is 14.8 Å². The molecule has 1 fully saturated rings. The molecule has 1 aliphatic rings. The Labute approximate surface area is 145 Å². The highest BCUT2D eigenvalue weighted by Gasteiger charge is 2.20. The predicted molar refractivity (Wildman–Crippen MR) is 97.1 cm³/mol. The van der Waals surface area contributed by atoms with Crippen molar-refractivity contribution in [3.63, 3.8) is 0 Å². The van der Waals surface area contributed by atoms with Crippen molar-refractivity contribution in [2.75, 3.05) is 6.61 Å². The number of rotatable bonds is 4. The van der Waals surface area contributed by atoms with Crippen molar-refractivity contribution in [2.45, 2.75) is 25.5 Å². The van der Waals surface area contributed by atoms with Gasteiger partial charge in [-0.1, -0.05) is 12.1 Å². The first-order valence-electron chi connectivity index (χ1n) is 8.53. The summed E-state index contributed by atoms with van der Waals surface area (Å²) in [5, 5.41) is 5.77. The minimum atomic E-state index is -0.0739. The van der Waals surface area contributed by atoms with E-state index < -0.39 is 0 Å². The van der Waals surface area contributed by atoms with Crippen molar-refractivity contribution in [3.8, 4) is 0 Å². The zero-order valence-electron chi connectivity index (χ0n) is 13.8. The maximum atomic E-state index is 11.2. The lowest BCUT2D eigenvalue weighted by molar-refractivity contribution is -0.0367. The topological polar surface area (TPSA) is 57.0 Å². The fraction of sp³-hybridized carbons (Fsp3) is 0.250. The van der Waals surface area contributed by atoms with E-state index in [0.29, 0.717) is 5.56 Å². The van der Waals surface area contributed by atoms with Gasteiger partial charge in [-0.2, -0.15) is 5.10 Å². The van der Waals surface area contributed by atoms with Gasteiger partial charge >= 0.3 is 0 Å². The standard InChI is InChI=1S/C20H19N3O2/c24-14-15-7-9-17-18(10-8-16-5-1-3-11-21-16)22-23(19(17)13-15)20-6-2-4-12-25-20/h1,3,5,7-11,13-14,20H,2,4,6,12H2. The van der Waals surface area contributed by atoms with Gasteiger partial charge < -0.3 is 4.74 Å². The summed E-state index contributed by atoms with van der Waals surface area (Å²) in [6.45, 7) is 0.749. The highest BCUT2D eigenvalue weighted by Crippen LogP contribution is 2.29. The average molecular weight is 333 g/mol. The molecule has 1 unspecified atom stereocenters. The number of benzene rings is 1. The number of aromatic nitrogens is 3.